The van der Waals surface area contributed by atoms with Crippen LogP contribution in [0.3, 0.4) is 0 Å². The van der Waals surface area contributed by atoms with Crippen LogP contribution in [0.15, 0.2) is 42.6 Å². The van der Waals surface area contributed by atoms with Gasteiger partial charge in [-0.05, 0) is 43.2 Å². The van der Waals surface area contributed by atoms with Crippen molar-refractivity contribution < 1.29 is 14.3 Å². The van der Waals surface area contributed by atoms with E-state index in [-0.39, 0.29) is 11.8 Å². The van der Waals surface area contributed by atoms with E-state index >= 15 is 0 Å². The van der Waals surface area contributed by atoms with E-state index in [4.69, 9.17) is 4.74 Å². The van der Waals surface area contributed by atoms with E-state index in [1.807, 2.05) is 17.0 Å². The number of fused-ring (bicyclic) bond motifs is 1. The topological polar surface area (TPSA) is 87.7 Å². The Bertz CT molecular complexity index is 1070. The Morgan fingerprint density at radius 3 is 2.77 bits per heavy atom. The van der Waals surface area contributed by atoms with Gasteiger partial charge in [-0.3, -0.25) is 9.59 Å². The molecule has 2 aliphatic heterocycles. The van der Waals surface area contributed by atoms with Crippen LogP contribution in [0.5, 0.6) is 0 Å². The van der Waals surface area contributed by atoms with E-state index < -0.39 is 6.10 Å². The molecule has 0 spiro atoms. The zero-order valence-electron chi connectivity index (χ0n) is 17.0. The summed E-state index contributed by atoms with van der Waals surface area (Å²) in [6.07, 6.45) is 3.01. The SMILES string of the molecule is O=C(Nc1cccc(C(=O)N2CCN(c3nc4cccnc4s3)CC2)c1)C1CCCO1. The molecule has 160 valence electrons. The van der Waals surface area contributed by atoms with Crippen molar-refractivity contribution in [3.63, 3.8) is 0 Å². The average Bonchev–Trinajstić information content (AvgIpc) is 3.49. The standard InChI is InChI=1S/C22H23N5O3S/c28-19(18-7-3-13-30-18)24-16-5-1-4-15(14-16)21(29)26-9-11-27(12-10-26)22-25-17-6-2-8-23-20(17)31-22/h1-2,4-6,8,14,18H,3,7,9-13H2,(H,24,28). The van der Waals surface area contributed by atoms with Gasteiger partial charge in [0.25, 0.3) is 11.8 Å². The molecule has 1 N–H and O–H groups in total. The van der Waals surface area contributed by atoms with Gasteiger partial charge in [0, 0.05) is 50.2 Å². The van der Waals surface area contributed by atoms with Crippen LogP contribution in [0.2, 0.25) is 0 Å². The number of thiazole rings is 1. The van der Waals surface area contributed by atoms with Gasteiger partial charge in [-0.15, -0.1) is 0 Å². The number of carbonyl (C=O) groups is 2. The second kappa shape index (κ2) is 8.60. The van der Waals surface area contributed by atoms with Crippen molar-refractivity contribution in [3.8, 4) is 0 Å². The maximum Gasteiger partial charge on any atom is 0.254 e. The number of amides is 2. The molecule has 5 rings (SSSR count). The van der Waals surface area contributed by atoms with Crippen LogP contribution in [-0.4, -0.2) is 65.6 Å². The third kappa shape index (κ3) is 4.24. The zero-order valence-corrected chi connectivity index (χ0v) is 17.8. The first-order valence-corrected chi connectivity index (χ1v) is 11.3. The number of carbonyl (C=O) groups excluding carboxylic acids is 2. The lowest BCUT2D eigenvalue weighted by molar-refractivity contribution is -0.124. The minimum absolute atomic E-state index is 0.0289. The summed E-state index contributed by atoms with van der Waals surface area (Å²) >= 11 is 1.58. The van der Waals surface area contributed by atoms with Crippen LogP contribution in [0.1, 0.15) is 23.2 Å². The smallest absolute Gasteiger partial charge is 0.254 e. The molecule has 1 unspecified atom stereocenters. The first-order valence-electron chi connectivity index (χ1n) is 10.5. The number of aromatic nitrogens is 2. The van der Waals surface area contributed by atoms with Gasteiger partial charge in [0.1, 0.15) is 16.5 Å². The third-order valence-corrected chi connectivity index (χ3v) is 6.63. The fourth-order valence-corrected chi connectivity index (χ4v) is 4.87. The Morgan fingerprint density at radius 1 is 1.13 bits per heavy atom. The Balaban J connectivity index is 1.21. The second-order valence-electron chi connectivity index (χ2n) is 7.68. The molecule has 9 heteroatoms. The number of rotatable bonds is 4. The minimum atomic E-state index is -0.398. The predicted molar refractivity (Wildman–Crippen MR) is 120 cm³/mol. The molecule has 2 amide bonds. The predicted octanol–water partition coefficient (Wildman–Crippen LogP) is 2.77. The van der Waals surface area contributed by atoms with Crippen molar-refractivity contribution >= 4 is 44.3 Å². The van der Waals surface area contributed by atoms with E-state index in [1.54, 1.807) is 41.8 Å². The fraction of sp³-hybridized carbons (Fsp3) is 0.364. The molecule has 2 aromatic heterocycles. The van der Waals surface area contributed by atoms with Crippen LogP contribution >= 0.6 is 11.3 Å². The van der Waals surface area contributed by atoms with E-state index in [0.29, 0.717) is 30.9 Å². The minimum Gasteiger partial charge on any atom is -0.368 e. The number of hydrogen-bond donors (Lipinski definition) is 1. The maximum absolute atomic E-state index is 13.0. The quantitative estimate of drug-likeness (QED) is 0.675. The number of hydrogen-bond acceptors (Lipinski definition) is 7. The number of benzene rings is 1. The molecule has 1 aromatic carbocycles. The highest BCUT2D eigenvalue weighted by Gasteiger charge is 2.26. The molecule has 31 heavy (non-hydrogen) atoms. The average molecular weight is 438 g/mol. The van der Waals surface area contributed by atoms with E-state index in [0.717, 1.165) is 41.4 Å². The van der Waals surface area contributed by atoms with E-state index in [9.17, 15) is 9.59 Å². The molecular formula is C22H23N5O3S. The number of anilines is 2. The number of nitrogens with one attached hydrogen (secondary N) is 1. The summed E-state index contributed by atoms with van der Waals surface area (Å²) in [5.74, 6) is -0.181. The highest BCUT2D eigenvalue weighted by atomic mass is 32.1. The van der Waals surface area contributed by atoms with Crippen molar-refractivity contribution in [1.82, 2.24) is 14.9 Å². The van der Waals surface area contributed by atoms with Crippen LogP contribution < -0.4 is 10.2 Å². The second-order valence-corrected chi connectivity index (χ2v) is 8.63. The Morgan fingerprint density at radius 2 is 2.00 bits per heavy atom. The van der Waals surface area contributed by atoms with Gasteiger partial charge in [0.15, 0.2) is 5.13 Å². The van der Waals surface area contributed by atoms with Crippen LogP contribution in [0.4, 0.5) is 10.8 Å². The Hall–Kier alpha value is -3.04. The van der Waals surface area contributed by atoms with E-state index in [2.05, 4.69) is 20.2 Å². The molecule has 4 heterocycles. The Labute approximate surface area is 183 Å². The normalized spacial score (nSPS) is 19.0. The van der Waals surface area contributed by atoms with Gasteiger partial charge < -0.3 is 19.9 Å². The number of pyridine rings is 1. The molecular weight excluding hydrogens is 414 g/mol. The lowest BCUT2D eigenvalue weighted by Crippen LogP contribution is -2.48. The molecule has 0 saturated carbocycles. The van der Waals surface area contributed by atoms with Gasteiger partial charge in [0.2, 0.25) is 0 Å². The van der Waals surface area contributed by atoms with E-state index in [1.165, 1.54) is 0 Å². The molecule has 0 aliphatic carbocycles. The summed E-state index contributed by atoms with van der Waals surface area (Å²) in [7, 11) is 0. The fourth-order valence-electron chi connectivity index (χ4n) is 3.91. The largest absolute Gasteiger partial charge is 0.368 e. The highest BCUT2D eigenvalue weighted by Crippen LogP contribution is 2.28. The first-order chi connectivity index (χ1) is 15.2. The van der Waals surface area contributed by atoms with Crippen molar-refractivity contribution in [2.45, 2.75) is 18.9 Å². The third-order valence-electron chi connectivity index (χ3n) is 5.59. The summed E-state index contributed by atoms with van der Waals surface area (Å²) in [6, 6.07) is 11.0. The summed E-state index contributed by atoms with van der Waals surface area (Å²) in [6.45, 7) is 3.31. The Kier molecular flexibility index (Phi) is 5.52. The van der Waals surface area contributed by atoms with Gasteiger partial charge in [-0.2, -0.15) is 0 Å². The molecule has 2 saturated heterocycles. The molecule has 8 nitrogen and oxygen atoms in total. The highest BCUT2D eigenvalue weighted by molar-refractivity contribution is 7.21. The van der Waals surface area contributed by atoms with Crippen LogP contribution in [0.25, 0.3) is 10.3 Å². The van der Waals surface area contributed by atoms with Gasteiger partial charge >= 0.3 is 0 Å². The number of nitrogens with zero attached hydrogens (tertiary/aromatic N) is 4. The number of ether oxygens (including phenoxy) is 1. The van der Waals surface area contributed by atoms with Crippen LogP contribution in [-0.2, 0) is 9.53 Å². The van der Waals surface area contributed by atoms with Crippen molar-refractivity contribution in [2.24, 2.45) is 0 Å². The first kappa shape index (κ1) is 19.9. The maximum atomic E-state index is 13.0. The van der Waals surface area contributed by atoms with Crippen molar-refractivity contribution in [1.29, 1.82) is 0 Å². The molecule has 3 aromatic rings. The zero-order chi connectivity index (χ0) is 21.2. The number of piperazine rings is 1. The van der Waals surface area contributed by atoms with Crippen molar-refractivity contribution in [3.05, 3.63) is 48.2 Å². The van der Waals surface area contributed by atoms with Gasteiger partial charge in [0.05, 0.1) is 0 Å². The van der Waals surface area contributed by atoms with Crippen LogP contribution in [0, 0.1) is 0 Å². The van der Waals surface area contributed by atoms with Crippen molar-refractivity contribution in [2.75, 3.05) is 43.0 Å². The molecule has 0 radical (unpaired) electrons. The monoisotopic (exact) mass is 437 g/mol. The lowest BCUT2D eigenvalue weighted by Gasteiger charge is -2.34. The lowest BCUT2D eigenvalue weighted by atomic mass is 10.1. The molecule has 1 atom stereocenters. The molecule has 2 aliphatic rings. The molecule has 2 fully saturated rings. The van der Waals surface area contributed by atoms with Gasteiger partial charge in [-0.1, -0.05) is 17.4 Å². The van der Waals surface area contributed by atoms with Gasteiger partial charge in [-0.25, -0.2) is 9.97 Å². The molecule has 0 bridgehead atoms. The summed E-state index contributed by atoms with van der Waals surface area (Å²) in [5, 5.41) is 3.81. The summed E-state index contributed by atoms with van der Waals surface area (Å²) in [5.41, 5.74) is 2.10. The summed E-state index contributed by atoms with van der Waals surface area (Å²) in [4.78, 5) is 39.3. The summed E-state index contributed by atoms with van der Waals surface area (Å²) < 4.78 is 5.43.